The summed E-state index contributed by atoms with van der Waals surface area (Å²) < 4.78 is 40.4. The number of aromatic nitrogens is 1. The van der Waals surface area contributed by atoms with Crippen LogP contribution in [0.4, 0.5) is 13.2 Å². The van der Waals surface area contributed by atoms with E-state index in [1.807, 2.05) is 31.4 Å². The van der Waals surface area contributed by atoms with Crippen molar-refractivity contribution in [1.82, 2.24) is 4.57 Å². The van der Waals surface area contributed by atoms with Crippen LogP contribution in [-0.4, -0.2) is 16.3 Å². The highest BCUT2D eigenvalue weighted by Gasteiger charge is 2.31. The van der Waals surface area contributed by atoms with Crippen molar-refractivity contribution >= 4 is 10.9 Å². The van der Waals surface area contributed by atoms with Crippen molar-refractivity contribution in [3.63, 3.8) is 0 Å². The lowest BCUT2D eigenvalue weighted by Gasteiger charge is -2.18. The maximum atomic E-state index is 12.8. The Kier molecular flexibility index (Phi) is 3.82. The quantitative estimate of drug-likeness (QED) is 0.891. The van der Waals surface area contributed by atoms with Crippen molar-refractivity contribution in [1.29, 1.82) is 0 Å². The molecule has 5 heteroatoms. The molecular weight excluding hydrogens is 267 g/mol. The molecule has 0 aliphatic heterocycles. The normalized spacial score (nSPS) is 14.2. The number of fused-ring (bicyclic) bond motifs is 1. The Morgan fingerprint density at radius 1 is 1.15 bits per heavy atom. The third-order valence-electron chi connectivity index (χ3n) is 3.49. The molecule has 1 heterocycles. The van der Waals surface area contributed by atoms with Crippen molar-refractivity contribution in [2.45, 2.75) is 38.9 Å². The number of benzene rings is 1. The molecule has 0 aliphatic rings. The molecule has 2 aromatic rings. The SMILES string of the molecule is CC(CO)c1cc2ccc(C(F)(F)F)cc2n1C(C)C. The molecule has 0 spiro atoms. The zero-order valence-electron chi connectivity index (χ0n) is 11.7. The second kappa shape index (κ2) is 5.13. The Hall–Kier alpha value is -1.49. The predicted octanol–water partition coefficient (Wildman–Crippen LogP) is 4.34. The standard InChI is InChI=1S/C15H18F3NO/c1-9(2)19-13(10(3)8-20)6-11-4-5-12(7-14(11)19)15(16,17)18/h4-7,9-10,20H,8H2,1-3H3. The van der Waals surface area contributed by atoms with E-state index in [0.29, 0.717) is 5.52 Å². The summed E-state index contributed by atoms with van der Waals surface area (Å²) in [5.74, 6) is -0.112. The van der Waals surface area contributed by atoms with Crippen molar-refractivity contribution < 1.29 is 18.3 Å². The molecule has 0 bridgehead atoms. The number of nitrogens with zero attached hydrogens (tertiary/aromatic N) is 1. The first-order chi connectivity index (χ1) is 9.25. The number of hydrogen-bond donors (Lipinski definition) is 1. The van der Waals surface area contributed by atoms with Crippen molar-refractivity contribution in [2.75, 3.05) is 6.61 Å². The van der Waals surface area contributed by atoms with E-state index in [9.17, 15) is 18.3 Å². The molecule has 0 fully saturated rings. The van der Waals surface area contributed by atoms with Crippen molar-refractivity contribution in [3.05, 3.63) is 35.5 Å². The van der Waals surface area contributed by atoms with Crippen LogP contribution in [0.2, 0.25) is 0 Å². The molecule has 0 saturated heterocycles. The maximum absolute atomic E-state index is 12.8. The summed E-state index contributed by atoms with van der Waals surface area (Å²) >= 11 is 0. The number of alkyl halides is 3. The molecule has 2 nitrogen and oxygen atoms in total. The smallest absolute Gasteiger partial charge is 0.396 e. The number of aliphatic hydroxyl groups excluding tert-OH is 1. The van der Waals surface area contributed by atoms with Crippen LogP contribution in [0.15, 0.2) is 24.3 Å². The Bertz CT molecular complexity index is 613. The van der Waals surface area contributed by atoms with Gasteiger partial charge in [-0.3, -0.25) is 0 Å². The highest BCUT2D eigenvalue weighted by Crippen LogP contribution is 2.34. The maximum Gasteiger partial charge on any atom is 0.416 e. The van der Waals surface area contributed by atoms with Gasteiger partial charge in [-0.25, -0.2) is 0 Å². The lowest BCUT2D eigenvalue weighted by atomic mass is 10.1. The van der Waals surface area contributed by atoms with Gasteiger partial charge < -0.3 is 9.67 Å². The summed E-state index contributed by atoms with van der Waals surface area (Å²) in [6.07, 6.45) is -4.34. The van der Waals surface area contributed by atoms with Gasteiger partial charge in [0.15, 0.2) is 0 Å². The van der Waals surface area contributed by atoms with Crippen LogP contribution < -0.4 is 0 Å². The number of aliphatic hydroxyl groups is 1. The van der Waals surface area contributed by atoms with Gasteiger partial charge >= 0.3 is 6.18 Å². The first kappa shape index (κ1) is 14.9. The molecule has 0 radical (unpaired) electrons. The van der Waals surface area contributed by atoms with Gasteiger partial charge in [-0.2, -0.15) is 13.2 Å². The predicted molar refractivity (Wildman–Crippen MR) is 72.8 cm³/mol. The van der Waals surface area contributed by atoms with Crippen LogP contribution >= 0.6 is 0 Å². The van der Waals surface area contributed by atoms with E-state index < -0.39 is 11.7 Å². The first-order valence-corrected chi connectivity index (χ1v) is 6.58. The van der Waals surface area contributed by atoms with Gasteiger partial charge in [-0.15, -0.1) is 0 Å². The summed E-state index contributed by atoms with van der Waals surface area (Å²) in [6, 6.07) is 5.66. The Morgan fingerprint density at radius 3 is 2.30 bits per heavy atom. The minimum absolute atomic E-state index is 0.0278. The molecule has 1 N–H and O–H groups in total. The van der Waals surface area contributed by atoms with Gasteiger partial charge in [0.2, 0.25) is 0 Å². The fourth-order valence-electron chi connectivity index (χ4n) is 2.47. The van der Waals surface area contributed by atoms with Crippen LogP contribution in [0.25, 0.3) is 10.9 Å². The van der Waals surface area contributed by atoms with Gasteiger partial charge in [0.1, 0.15) is 0 Å². The molecule has 2 rings (SSSR count). The van der Waals surface area contributed by atoms with Crippen LogP contribution in [-0.2, 0) is 6.18 Å². The van der Waals surface area contributed by atoms with Crippen molar-refractivity contribution in [3.8, 4) is 0 Å². The van der Waals surface area contributed by atoms with E-state index in [2.05, 4.69) is 0 Å². The minimum atomic E-state index is -4.34. The van der Waals surface area contributed by atoms with Crippen LogP contribution in [0.3, 0.4) is 0 Å². The molecule has 1 unspecified atom stereocenters. The van der Waals surface area contributed by atoms with Crippen molar-refractivity contribution in [2.24, 2.45) is 0 Å². The van der Waals surface area contributed by atoms with E-state index >= 15 is 0 Å². The second-order valence-corrected chi connectivity index (χ2v) is 5.39. The van der Waals surface area contributed by atoms with E-state index in [4.69, 9.17) is 0 Å². The Morgan fingerprint density at radius 2 is 1.80 bits per heavy atom. The van der Waals surface area contributed by atoms with Gasteiger partial charge in [-0.05, 0) is 37.4 Å². The number of halogens is 3. The van der Waals surface area contributed by atoms with Crippen LogP contribution in [0, 0.1) is 0 Å². The van der Waals surface area contributed by atoms with Crippen LogP contribution in [0.5, 0.6) is 0 Å². The second-order valence-electron chi connectivity index (χ2n) is 5.39. The number of hydrogen-bond acceptors (Lipinski definition) is 1. The monoisotopic (exact) mass is 285 g/mol. The average molecular weight is 285 g/mol. The third-order valence-corrected chi connectivity index (χ3v) is 3.49. The highest BCUT2D eigenvalue weighted by atomic mass is 19.4. The van der Waals surface area contributed by atoms with E-state index in [1.54, 1.807) is 0 Å². The van der Waals surface area contributed by atoms with E-state index in [1.165, 1.54) is 12.1 Å². The minimum Gasteiger partial charge on any atom is -0.396 e. The largest absolute Gasteiger partial charge is 0.416 e. The van der Waals surface area contributed by atoms with E-state index in [0.717, 1.165) is 17.1 Å². The summed E-state index contributed by atoms with van der Waals surface area (Å²) in [6.45, 7) is 5.67. The zero-order chi connectivity index (χ0) is 15.1. The molecule has 0 saturated carbocycles. The Balaban J connectivity index is 2.70. The molecule has 20 heavy (non-hydrogen) atoms. The fourth-order valence-corrected chi connectivity index (χ4v) is 2.47. The summed E-state index contributed by atoms with van der Waals surface area (Å²) in [5, 5.41) is 10.1. The topological polar surface area (TPSA) is 25.2 Å². The summed E-state index contributed by atoms with van der Waals surface area (Å²) in [5.41, 5.74) is 0.773. The van der Waals surface area contributed by atoms with Gasteiger partial charge in [0, 0.05) is 23.2 Å². The van der Waals surface area contributed by atoms with Gasteiger partial charge in [-0.1, -0.05) is 13.0 Å². The molecule has 1 atom stereocenters. The van der Waals surface area contributed by atoms with Gasteiger partial charge in [0.05, 0.1) is 12.2 Å². The molecule has 110 valence electrons. The summed E-state index contributed by atoms with van der Waals surface area (Å²) in [7, 11) is 0. The first-order valence-electron chi connectivity index (χ1n) is 6.58. The van der Waals surface area contributed by atoms with Crippen LogP contribution in [0.1, 0.15) is 44.0 Å². The lowest BCUT2D eigenvalue weighted by molar-refractivity contribution is -0.137. The number of rotatable bonds is 3. The molecule has 1 aromatic carbocycles. The lowest BCUT2D eigenvalue weighted by Crippen LogP contribution is -2.11. The molecule has 1 aromatic heterocycles. The third kappa shape index (κ3) is 2.54. The average Bonchev–Trinajstić information content (AvgIpc) is 2.74. The Labute approximate surface area is 115 Å². The molecule has 0 aliphatic carbocycles. The van der Waals surface area contributed by atoms with E-state index in [-0.39, 0.29) is 18.6 Å². The fraction of sp³-hybridized carbons (Fsp3) is 0.467. The molecule has 0 amide bonds. The highest BCUT2D eigenvalue weighted by molar-refractivity contribution is 5.82. The van der Waals surface area contributed by atoms with Gasteiger partial charge in [0.25, 0.3) is 0 Å². The zero-order valence-corrected chi connectivity index (χ0v) is 11.7. The summed E-state index contributed by atoms with van der Waals surface area (Å²) in [4.78, 5) is 0. The molecular formula is C15H18F3NO.